The maximum absolute atomic E-state index is 12.7. The van der Waals surface area contributed by atoms with Crippen molar-refractivity contribution >= 4 is 22.5 Å². The molecular weight excluding hydrogens is 272 g/mol. The highest BCUT2D eigenvalue weighted by molar-refractivity contribution is 6.04. The molecule has 3 nitrogen and oxygen atoms in total. The number of nitrogens with one attached hydrogen (secondary N) is 1. The van der Waals surface area contributed by atoms with Crippen LogP contribution in [0.1, 0.15) is 19.4 Å². The summed E-state index contributed by atoms with van der Waals surface area (Å²) in [6.45, 7) is 3.85. The maximum Gasteiger partial charge on any atom is 0.234 e. The molecule has 3 heteroatoms. The summed E-state index contributed by atoms with van der Waals surface area (Å²) in [6, 6.07) is 19.5. The molecule has 0 saturated carbocycles. The standard InChI is InChI=1S/C19H18N2O/c1-19(2,15-10-4-3-5-11-15)18(22)21-16-12-6-8-14-9-7-13-20-17(14)16/h3-13H,1-2H3,(H,21,22). The first-order chi connectivity index (χ1) is 10.6. The van der Waals surface area contributed by atoms with Gasteiger partial charge in [0.2, 0.25) is 5.91 Å². The highest BCUT2D eigenvalue weighted by Gasteiger charge is 2.29. The highest BCUT2D eigenvalue weighted by atomic mass is 16.2. The summed E-state index contributed by atoms with van der Waals surface area (Å²) >= 11 is 0. The summed E-state index contributed by atoms with van der Waals surface area (Å²) in [7, 11) is 0. The van der Waals surface area contributed by atoms with Crippen molar-refractivity contribution < 1.29 is 4.79 Å². The number of anilines is 1. The highest BCUT2D eigenvalue weighted by Crippen LogP contribution is 2.27. The third kappa shape index (κ3) is 2.58. The SMILES string of the molecule is CC(C)(C(=O)Nc1cccc2cccnc12)c1ccccc1. The van der Waals surface area contributed by atoms with E-state index < -0.39 is 5.41 Å². The lowest BCUT2D eigenvalue weighted by Gasteiger charge is -2.24. The summed E-state index contributed by atoms with van der Waals surface area (Å²) in [5.41, 5.74) is 1.92. The van der Waals surface area contributed by atoms with Gasteiger partial charge in [0.25, 0.3) is 0 Å². The molecule has 0 aliphatic rings. The van der Waals surface area contributed by atoms with Crippen molar-refractivity contribution in [1.82, 2.24) is 4.98 Å². The van der Waals surface area contributed by atoms with Crippen LogP contribution in [0.4, 0.5) is 5.69 Å². The number of hydrogen-bond donors (Lipinski definition) is 1. The van der Waals surface area contributed by atoms with E-state index in [-0.39, 0.29) is 5.91 Å². The van der Waals surface area contributed by atoms with Gasteiger partial charge in [-0.1, -0.05) is 48.5 Å². The minimum Gasteiger partial charge on any atom is -0.323 e. The van der Waals surface area contributed by atoms with Gasteiger partial charge in [-0.2, -0.15) is 0 Å². The van der Waals surface area contributed by atoms with Crippen LogP contribution in [0, 0.1) is 0 Å². The zero-order valence-corrected chi connectivity index (χ0v) is 12.7. The van der Waals surface area contributed by atoms with Crippen LogP contribution in [0.3, 0.4) is 0 Å². The Kier molecular flexibility index (Phi) is 3.63. The van der Waals surface area contributed by atoms with E-state index in [1.807, 2.05) is 74.5 Å². The van der Waals surface area contributed by atoms with Crippen molar-refractivity contribution in [3.63, 3.8) is 0 Å². The second-order valence-electron chi connectivity index (χ2n) is 5.83. The number of benzene rings is 2. The number of carbonyl (C=O) groups excluding carboxylic acids is 1. The second-order valence-corrected chi connectivity index (χ2v) is 5.83. The molecule has 3 aromatic rings. The third-order valence-electron chi connectivity index (χ3n) is 3.94. The lowest BCUT2D eigenvalue weighted by molar-refractivity contribution is -0.120. The zero-order chi connectivity index (χ0) is 15.6. The Morgan fingerprint density at radius 2 is 1.68 bits per heavy atom. The number of amides is 1. The predicted molar refractivity (Wildman–Crippen MR) is 89.8 cm³/mol. The number of rotatable bonds is 3. The van der Waals surface area contributed by atoms with E-state index in [0.29, 0.717) is 0 Å². The second kappa shape index (κ2) is 5.60. The van der Waals surface area contributed by atoms with Crippen molar-refractivity contribution in [3.05, 3.63) is 72.4 Å². The molecule has 0 bridgehead atoms. The molecule has 1 amide bonds. The molecule has 22 heavy (non-hydrogen) atoms. The van der Waals surface area contributed by atoms with Crippen LogP contribution in [-0.2, 0) is 10.2 Å². The minimum atomic E-state index is -0.613. The molecule has 1 aromatic heterocycles. The fraction of sp³-hybridized carbons (Fsp3) is 0.158. The topological polar surface area (TPSA) is 42.0 Å². The lowest BCUT2D eigenvalue weighted by atomic mass is 9.83. The van der Waals surface area contributed by atoms with Crippen molar-refractivity contribution in [3.8, 4) is 0 Å². The van der Waals surface area contributed by atoms with E-state index in [1.165, 1.54) is 0 Å². The first-order valence-corrected chi connectivity index (χ1v) is 7.30. The van der Waals surface area contributed by atoms with Gasteiger partial charge in [-0.3, -0.25) is 9.78 Å². The number of aromatic nitrogens is 1. The molecule has 0 spiro atoms. The molecule has 110 valence electrons. The lowest BCUT2D eigenvalue weighted by Crippen LogP contribution is -2.34. The van der Waals surface area contributed by atoms with Crippen LogP contribution in [0.25, 0.3) is 10.9 Å². The summed E-state index contributed by atoms with van der Waals surface area (Å²) in [5, 5.41) is 4.03. The summed E-state index contributed by atoms with van der Waals surface area (Å²) in [4.78, 5) is 17.1. The Hall–Kier alpha value is -2.68. The fourth-order valence-corrected chi connectivity index (χ4v) is 2.47. The van der Waals surface area contributed by atoms with Crippen LogP contribution >= 0.6 is 0 Å². The van der Waals surface area contributed by atoms with Gasteiger partial charge in [-0.15, -0.1) is 0 Å². The number of nitrogens with zero attached hydrogens (tertiary/aromatic N) is 1. The molecule has 0 radical (unpaired) electrons. The molecule has 0 aliphatic carbocycles. The quantitative estimate of drug-likeness (QED) is 0.787. The number of carbonyl (C=O) groups is 1. The molecule has 0 atom stereocenters. The molecule has 0 fully saturated rings. The smallest absolute Gasteiger partial charge is 0.234 e. The molecule has 1 N–H and O–H groups in total. The molecule has 1 heterocycles. The average Bonchev–Trinajstić information content (AvgIpc) is 2.56. The van der Waals surface area contributed by atoms with Gasteiger partial charge < -0.3 is 5.32 Å². The first-order valence-electron chi connectivity index (χ1n) is 7.30. The number of pyridine rings is 1. The van der Waals surface area contributed by atoms with Gasteiger partial charge in [0.05, 0.1) is 16.6 Å². The largest absolute Gasteiger partial charge is 0.323 e. The van der Waals surface area contributed by atoms with Crippen LogP contribution in [0.5, 0.6) is 0 Å². The normalized spacial score (nSPS) is 11.4. The van der Waals surface area contributed by atoms with Gasteiger partial charge in [0, 0.05) is 11.6 Å². The molecule has 0 saturated heterocycles. The molecule has 0 unspecified atom stereocenters. The van der Waals surface area contributed by atoms with Crippen molar-refractivity contribution in [2.75, 3.05) is 5.32 Å². The maximum atomic E-state index is 12.7. The summed E-state index contributed by atoms with van der Waals surface area (Å²) < 4.78 is 0. The van der Waals surface area contributed by atoms with Crippen LogP contribution in [0.15, 0.2) is 66.9 Å². The minimum absolute atomic E-state index is 0.0446. The summed E-state index contributed by atoms with van der Waals surface area (Å²) in [6.07, 6.45) is 1.74. The number of fused-ring (bicyclic) bond motifs is 1. The molecule has 2 aromatic carbocycles. The van der Waals surface area contributed by atoms with E-state index >= 15 is 0 Å². The number of para-hydroxylation sites is 1. The third-order valence-corrected chi connectivity index (χ3v) is 3.94. The Morgan fingerprint density at radius 1 is 0.955 bits per heavy atom. The van der Waals surface area contributed by atoms with Crippen molar-refractivity contribution in [1.29, 1.82) is 0 Å². The predicted octanol–water partition coefficient (Wildman–Crippen LogP) is 4.15. The van der Waals surface area contributed by atoms with Gasteiger partial charge in [-0.25, -0.2) is 0 Å². The average molecular weight is 290 g/mol. The number of hydrogen-bond acceptors (Lipinski definition) is 2. The van der Waals surface area contributed by atoms with Crippen LogP contribution in [0.2, 0.25) is 0 Å². The van der Waals surface area contributed by atoms with Gasteiger partial charge in [0.15, 0.2) is 0 Å². The molecule has 0 aliphatic heterocycles. The Balaban J connectivity index is 1.93. The Morgan fingerprint density at radius 3 is 2.45 bits per heavy atom. The van der Waals surface area contributed by atoms with Crippen molar-refractivity contribution in [2.24, 2.45) is 0 Å². The summed E-state index contributed by atoms with van der Waals surface area (Å²) in [5.74, 6) is -0.0446. The Bertz CT molecular complexity index is 805. The van der Waals surface area contributed by atoms with Crippen LogP contribution < -0.4 is 5.32 Å². The van der Waals surface area contributed by atoms with Crippen molar-refractivity contribution in [2.45, 2.75) is 19.3 Å². The van der Waals surface area contributed by atoms with Crippen LogP contribution in [-0.4, -0.2) is 10.9 Å². The van der Waals surface area contributed by atoms with Gasteiger partial charge in [-0.05, 0) is 31.5 Å². The molecular formula is C19H18N2O. The van der Waals surface area contributed by atoms with E-state index in [0.717, 1.165) is 22.2 Å². The monoisotopic (exact) mass is 290 g/mol. The van der Waals surface area contributed by atoms with Gasteiger partial charge in [0.1, 0.15) is 0 Å². The van der Waals surface area contributed by atoms with E-state index in [4.69, 9.17) is 0 Å². The van der Waals surface area contributed by atoms with E-state index in [2.05, 4.69) is 10.3 Å². The zero-order valence-electron chi connectivity index (χ0n) is 12.7. The van der Waals surface area contributed by atoms with E-state index in [9.17, 15) is 4.79 Å². The Labute approximate surface area is 130 Å². The van der Waals surface area contributed by atoms with E-state index in [1.54, 1.807) is 6.20 Å². The first kappa shape index (κ1) is 14.3. The van der Waals surface area contributed by atoms with Gasteiger partial charge >= 0.3 is 0 Å². The fourth-order valence-electron chi connectivity index (χ4n) is 2.47. The molecule has 3 rings (SSSR count).